The third-order valence-electron chi connectivity index (χ3n) is 11.3. The largest absolute Gasteiger partial charge is 0.511 e. The molecule has 4 atom stereocenters. The van der Waals surface area contributed by atoms with E-state index in [9.17, 15) is 39.2 Å². The molecule has 0 saturated carbocycles. The van der Waals surface area contributed by atoms with Crippen LogP contribution in [0.3, 0.4) is 0 Å². The maximum atomic E-state index is 14.6. The standard InChI is InChI=1S/C39H47FO7/c1-18(2)25-15-24(12-10-11-23-13-20(5)21(6)27(40)14-23)32(42)29-26(25)16-37(8)17-38(9)30(19(3)4)33(43)28(22(7)41)35(45)39(38,47)36(46)31(37)34(29)44/h13-15,18-19,30,42-43,46-47H,10-12,16-17H2,1-9H3/t30?,37-,38-,39+/m1/s1. The summed E-state index contributed by atoms with van der Waals surface area (Å²) >= 11 is 0. The minimum Gasteiger partial charge on any atom is -0.511 e. The fourth-order valence-electron chi connectivity index (χ4n) is 9.11. The van der Waals surface area contributed by atoms with Gasteiger partial charge < -0.3 is 20.4 Å². The number of carbonyl (C=O) groups is 3. The van der Waals surface area contributed by atoms with Crippen molar-refractivity contribution in [2.45, 2.75) is 106 Å². The number of allylic oxidation sites excluding steroid dienone is 2. The van der Waals surface area contributed by atoms with Gasteiger partial charge in [0.15, 0.2) is 17.2 Å². The van der Waals surface area contributed by atoms with Crippen LogP contribution in [0.5, 0.6) is 5.75 Å². The van der Waals surface area contributed by atoms with Crippen molar-refractivity contribution in [3.05, 3.63) is 85.6 Å². The summed E-state index contributed by atoms with van der Waals surface area (Å²) in [5.41, 5.74) is -1.46. The Bertz CT molecular complexity index is 1770. The van der Waals surface area contributed by atoms with E-state index in [4.69, 9.17) is 0 Å². The summed E-state index contributed by atoms with van der Waals surface area (Å²) in [6, 6.07) is 5.41. The average molecular weight is 647 g/mol. The highest BCUT2D eigenvalue weighted by atomic mass is 19.1. The Hall–Kier alpha value is -3.78. The van der Waals surface area contributed by atoms with Crippen molar-refractivity contribution in [1.82, 2.24) is 0 Å². The Morgan fingerprint density at radius 3 is 2.21 bits per heavy atom. The Balaban J connectivity index is 1.65. The van der Waals surface area contributed by atoms with Gasteiger partial charge in [-0.2, -0.15) is 0 Å². The predicted molar refractivity (Wildman–Crippen MR) is 177 cm³/mol. The van der Waals surface area contributed by atoms with Gasteiger partial charge >= 0.3 is 0 Å². The van der Waals surface area contributed by atoms with Crippen LogP contribution in [0.15, 0.2) is 40.9 Å². The van der Waals surface area contributed by atoms with Gasteiger partial charge in [0.2, 0.25) is 5.78 Å². The normalized spacial score (nSPS) is 27.4. The van der Waals surface area contributed by atoms with Crippen molar-refractivity contribution in [3.8, 4) is 5.75 Å². The Morgan fingerprint density at radius 2 is 1.66 bits per heavy atom. The molecule has 0 bridgehead atoms. The van der Waals surface area contributed by atoms with Crippen LogP contribution in [0, 0.1) is 42.3 Å². The lowest BCUT2D eigenvalue weighted by atomic mass is 9.44. The Kier molecular flexibility index (Phi) is 8.40. The van der Waals surface area contributed by atoms with Gasteiger partial charge in [0.25, 0.3) is 0 Å². The van der Waals surface area contributed by atoms with E-state index in [0.29, 0.717) is 36.0 Å². The monoisotopic (exact) mass is 646 g/mol. The van der Waals surface area contributed by atoms with Gasteiger partial charge in [0.1, 0.15) is 28.7 Å². The molecular weight excluding hydrogens is 599 g/mol. The number of aromatic hydroxyl groups is 1. The van der Waals surface area contributed by atoms with Crippen molar-refractivity contribution in [2.24, 2.45) is 22.7 Å². The maximum Gasteiger partial charge on any atom is 0.209 e. The number of aliphatic hydroxyl groups excluding tert-OH is 2. The van der Waals surface area contributed by atoms with E-state index < -0.39 is 56.8 Å². The second kappa shape index (κ2) is 11.4. The zero-order valence-corrected chi connectivity index (χ0v) is 28.9. The van der Waals surface area contributed by atoms with Crippen LogP contribution < -0.4 is 0 Å². The maximum absolute atomic E-state index is 14.6. The summed E-state index contributed by atoms with van der Waals surface area (Å²) < 4.78 is 14.4. The van der Waals surface area contributed by atoms with Gasteiger partial charge in [-0.25, -0.2) is 4.39 Å². The SMILES string of the molecule is CC(=O)C1=C(O)C(C(C)C)[C@@]2(C)C[C@@]3(C)Cc4c(C(C)C)cc(CCCc5cc(C)c(C)c(F)c5)c(O)c4C(=O)C3=C(O)[C@@]2(O)C1=O. The fraction of sp³-hybridized carbons (Fsp3) is 0.513. The van der Waals surface area contributed by atoms with E-state index in [2.05, 4.69) is 0 Å². The summed E-state index contributed by atoms with van der Waals surface area (Å²) in [7, 11) is 0. The number of aliphatic hydroxyl groups is 3. The molecule has 0 radical (unpaired) electrons. The third-order valence-corrected chi connectivity index (χ3v) is 11.3. The molecule has 252 valence electrons. The van der Waals surface area contributed by atoms with E-state index in [0.717, 1.165) is 23.6 Å². The molecule has 0 amide bonds. The highest BCUT2D eigenvalue weighted by molar-refractivity contribution is 6.25. The quantitative estimate of drug-likeness (QED) is 0.231. The van der Waals surface area contributed by atoms with Crippen molar-refractivity contribution in [2.75, 3.05) is 0 Å². The molecule has 3 aliphatic rings. The first-order chi connectivity index (χ1) is 21.7. The van der Waals surface area contributed by atoms with E-state index in [-0.39, 0.29) is 47.4 Å². The highest BCUT2D eigenvalue weighted by Crippen LogP contribution is 2.65. The zero-order chi connectivity index (χ0) is 35.1. The van der Waals surface area contributed by atoms with Gasteiger partial charge in [-0.1, -0.05) is 53.7 Å². The number of phenols is 1. The number of rotatable bonds is 7. The number of fused-ring (bicyclic) bond motifs is 3. The van der Waals surface area contributed by atoms with Crippen molar-refractivity contribution in [3.63, 3.8) is 0 Å². The Morgan fingerprint density at radius 1 is 1.02 bits per heavy atom. The van der Waals surface area contributed by atoms with Gasteiger partial charge in [0.05, 0.1) is 5.56 Å². The number of hydrogen-bond donors (Lipinski definition) is 4. The van der Waals surface area contributed by atoms with Crippen molar-refractivity contribution in [1.29, 1.82) is 0 Å². The molecule has 0 spiro atoms. The first-order valence-corrected chi connectivity index (χ1v) is 16.6. The number of aryl methyl sites for hydroxylation is 3. The minimum absolute atomic E-state index is 0.0200. The molecule has 0 saturated heterocycles. The van der Waals surface area contributed by atoms with Crippen LogP contribution in [0.4, 0.5) is 4.39 Å². The molecule has 2 aromatic carbocycles. The summed E-state index contributed by atoms with van der Waals surface area (Å²) in [5, 5.41) is 47.3. The number of phenolic OH excluding ortho intramolecular Hbond substituents is 1. The van der Waals surface area contributed by atoms with E-state index >= 15 is 0 Å². The van der Waals surface area contributed by atoms with Gasteiger partial charge in [0, 0.05) is 22.3 Å². The second-order valence-corrected chi connectivity index (χ2v) is 15.3. The lowest BCUT2D eigenvalue weighted by Gasteiger charge is -2.59. The molecule has 1 unspecified atom stereocenters. The number of hydrogen-bond acceptors (Lipinski definition) is 7. The minimum atomic E-state index is -2.65. The van der Waals surface area contributed by atoms with Crippen LogP contribution >= 0.6 is 0 Å². The van der Waals surface area contributed by atoms with E-state index in [1.807, 2.05) is 53.7 Å². The number of benzene rings is 2. The van der Waals surface area contributed by atoms with Crippen molar-refractivity contribution < 1.29 is 39.2 Å². The Labute approximate surface area is 276 Å². The lowest BCUT2D eigenvalue weighted by molar-refractivity contribution is -0.171. The molecule has 0 aromatic heterocycles. The smallest absolute Gasteiger partial charge is 0.209 e. The molecule has 4 N–H and O–H groups in total. The van der Waals surface area contributed by atoms with Crippen molar-refractivity contribution >= 4 is 17.3 Å². The van der Waals surface area contributed by atoms with E-state index in [1.165, 1.54) is 6.07 Å². The molecule has 2 aromatic rings. The van der Waals surface area contributed by atoms with Crippen LogP contribution in [-0.4, -0.2) is 43.4 Å². The van der Waals surface area contributed by atoms with Crippen LogP contribution in [-0.2, 0) is 28.9 Å². The molecule has 5 rings (SSSR count). The van der Waals surface area contributed by atoms with Crippen LogP contribution in [0.25, 0.3) is 0 Å². The summed E-state index contributed by atoms with van der Waals surface area (Å²) in [6.45, 7) is 15.8. The zero-order valence-electron chi connectivity index (χ0n) is 28.9. The topological polar surface area (TPSA) is 132 Å². The number of ketones is 3. The molecule has 8 heteroatoms. The number of Topliss-reactive ketones (excluding diaryl/α,β-unsaturated/α-hetero) is 3. The van der Waals surface area contributed by atoms with Gasteiger partial charge in [-0.3, -0.25) is 14.4 Å². The molecule has 0 fully saturated rings. The molecule has 3 aliphatic carbocycles. The highest BCUT2D eigenvalue weighted by Gasteiger charge is 2.71. The summed E-state index contributed by atoms with van der Waals surface area (Å²) in [4.78, 5) is 41.1. The molecule has 0 heterocycles. The van der Waals surface area contributed by atoms with E-state index in [1.54, 1.807) is 13.8 Å². The van der Waals surface area contributed by atoms with Crippen LogP contribution in [0.2, 0.25) is 0 Å². The second-order valence-electron chi connectivity index (χ2n) is 15.3. The first-order valence-electron chi connectivity index (χ1n) is 16.6. The number of carbonyl (C=O) groups excluding carboxylic acids is 3. The average Bonchev–Trinajstić information content (AvgIpc) is 2.94. The number of halogens is 1. The molecular formula is C39H47FO7. The molecule has 47 heavy (non-hydrogen) atoms. The lowest BCUT2D eigenvalue weighted by Crippen LogP contribution is -2.67. The first kappa shape index (κ1) is 34.6. The predicted octanol–water partition coefficient (Wildman–Crippen LogP) is 7.40. The third kappa shape index (κ3) is 4.89. The summed E-state index contributed by atoms with van der Waals surface area (Å²) in [6.07, 6.45) is 1.85. The fourth-order valence-corrected chi connectivity index (χ4v) is 9.11. The van der Waals surface area contributed by atoms with Gasteiger partial charge in [-0.05, 0) is 104 Å². The van der Waals surface area contributed by atoms with Crippen LogP contribution in [0.1, 0.15) is 111 Å². The molecule has 0 aliphatic heterocycles. The van der Waals surface area contributed by atoms with Gasteiger partial charge in [-0.15, -0.1) is 0 Å². The summed E-state index contributed by atoms with van der Waals surface area (Å²) in [5.74, 6) is -5.46. The molecule has 7 nitrogen and oxygen atoms in total.